The largest absolute Gasteiger partial charge is 0.469 e. The molecule has 0 aliphatic carbocycles. The van der Waals surface area contributed by atoms with Crippen LogP contribution in [0.15, 0.2) is 18.2 Å². The molecular formula is C19H23N3O5. The van der Waals surface area contributed by atoms with Crippen molar-refractivity contribution < 1.29 is 23.9 Å². The summed E-state index contributed by atoms with van der Waals surface area (Å²) in [4.78, 5) is 48.6. The zero-order valence-electron chi connectivity index (χ0n) is 15.2. The van der Waals surface area contributed by atoms with E-state index in [1.165, 1.54) is 12.0 Å². The Morgan fingerprint density at radius 3 is 2.85 bits per heavy atom. The van der Waals surface area contributed by atoms with E-state index >= 15 is 0 Å². The van der Waals surface area contributed by atoms with Gasteiger partial charge in [-0.05, 0) is 43.0 Å². The third-order valence-corrected chi connectivity index (χ3v) is 4.89. The van der Waals surface area contributed by atoms with Gasteiger partial charge in [-0.15, -0.1) is 0 Å². The first-order chi connectivity index (χ1) is 13.0. The number of hydrogen-bond donors (Lipinski definition) is 2. The molecule has 3 rings (SSSR count). The standard InChI is InChI=1S/C19H23N3O5/c1-27-17(24)4-2-3-9-20-13-5-6-14-12(10-13)11-22(19(14)26)15-7-8-16(23)21-18(15)25/h5-6,10,15,20H,2-4,7-9,11H2,1H3,(H,21,23,25). The number of carbonyl (C=O) groups is 4. The van der Waals surface area contributed by atoms with Crippen molar-refractivity contribution in [2.24, 2.45) is 0 Å². The third-order valence-electron chi connectivity index (χ3n) is 4.89. The average Bonchev–Trinajstić information content (AvgIpc) is 2.97. The summed E-state index contributed by atoms with van der Waals surface area (Å²) >= 11 is 0. The van der Waals surface area contributed by atoms with Crippen LogP contribution in [-0.4, -0.2) is 48.3 Å². The zero-order valence-corrected chi connectivity index (χ0v) is 15.2. The lowest BCUT2D eigenvalue weighted by Gasteiger charge is -2.29. The van der Waals surface area contributed by atoms with Gasteiger partial charge in [-0.25, -0.2) is 0 Å². The van der Waals surface area contributed by atoms with Crippen LogP contribution in [0.3, 0.4) is 0 Å². The summed E-state index contributed by atoms with van der Waals surface area (Å²) in [5, 5.41) is 5.58. The number of anilines is 1. The SMILES string of the molecule is COC(=O)CCCCNc1ccc2c(c1)CN(C1CCC(=O)NC1=O)C2=O. The fourth-order valence-corrected chi connectivity index (χ4v) is 3.41. The first kappa shape index (κ1) is 18.9. The van der Waals surface area contributed by atoms with Gasteiger partial charge in [-0.1, -0.05) is 0 Å². The van der Waals surface area contributed by atoms with Crippen LogP contribution in [-0.2, 0) is 25.7 Å². The van der Waals surface area contributed by atoms with Crippen LogP contribution in [0.1, 0.15) is 48.0 Å². The lowest BCUT2D eigenvalue weighted by Crippen LogP contribution is -2.52. The fourth-order valence-electron chi connectivity index (χ4n) is 3.41. The number of carbonyl (C=O) groups excluding carboxylic acids is 4. The van der Waals surface area contributed by atoms with Crippen LogP contribution < -0.4 is 10.6 Å². The molecule has 3 amide bonds. The number of methoxy groups -OCH3 is 1. The highest BCUT2D eigenvalue weighted by atomic mass is 16.5. The molecule has 2 aliphatic rings. The van der Waals surface area contributed by atoms with Gasteiger partial charge in [0, 0.05) is 37.2 Å². The number of unbranched alkanes of at least 4 members (excludes halogenated alkanes) is 1. The number of fused-ring (bicyclic) bond motifs is 1. The van der Waals surface area contributed by atoms with Gasteiger partial charge < -0.3 is 15.0 Å². The molecule has 2 aliphatic heterocycles. The van der Waals surface area contributed by atoms with E-state index in [2.05, 4.69) is 15.4 Å². The maximum atomic E-state index is 12.6. The van der Waals surface area contributed by atoms with Gasteiger partial charge in [0.15, 0.2) is 0 Å². The van der Waals surface area contributed by atoms with Crippen molar-refractivity contribution in [1.82, 2.24) is 10.2 Å². The topological polar surface area (TPSA) is 105 Å². The number of rotatable bonds is 7. The Labute approximate surface area is 157 Å². The molecule has 0 radical (unpaired) electrons. The van der Waals surface area contributed by atoms with Gasteiger partial charge >= 0.3 is 5.97 Å². The molecule has 0 spiro atoms. The van der Waals surface area contributed by atoms with E-state index in [4.69, 9.17) is 0 Å². The molecule has 1 aromatic carbocycles. The van der Waals surface area contributed by atoms with Crippen molar-refractivity contribution in [2.45, 2.75) is 44.7 Å². The summed E-state index contributed by atoms with van der Waals surface area (Å²) in [6.07, 6.45) is 2.57. The predicted molar refractivity (Wildman–Crippen MR) is 96.8 cm³/mol. The third kappa shape index (κ3) is 4.27. The number of amides is 3. The van der Waals surface area contributed by atoms with Crippen LogP contribution in [0.25, 0.3) is 0 Å². The highest BCUT2D eigenvalue weighted by molar-refractivity contribution is 6.05. The zero-order chi connectivity index (χ0) is 19.4. The van der Waals surface area contributed by atoms with Gasteiger partial charge in [0.1, 0.15) is 6.04 Å². The Kier molecular flexibility index (Phi) is 5.73. The quantitative estimate of drug-likeness (QED) is 0.423. The second-order valence-corrected chi connectivity index (χ2v) is 6.73. The number of nitrogens with zero attached hydrogens (tertiary/aromatic N) is 1. The normalized spacial score (nSPS) is 18.9. The minimum absolute atomic E-state index is 0.177. The van der Waals surface area contributed by atoms with E-state index in [0.29, 0.717) is 31.5 Å². The Morgan fingerprint density at radius 1 is 1.30 bits per heavy atom. The number of esters is 1. The summed E-state index contributed by atoms with van der Waals surface area (Å²) in [6, 6.07) is 4.92. The second-order valence-electron chi connectivity index (χ2n) is 6.73. The molecule has 144 valence electrons. The van der Waals surface area contributed by atoms with E-state index in [-0.39, 0.29) is 24.2 Å². The monoisotopic (exact) mass is 373 g/mol. The molecule has 1 fully saturated rings. The highest BCUT2D eigenvalue weighted by Gasteiger charge is 2.38. The molecule has 1 unspecified atom stereocenters. The minimum Gasteiger partial charge on any atom is -0.469 e. The molecule has 1 aromatic rings. The van der Waals surface area contributed by atoms with Crippen LogP contribution in [0, 0.1) is 0 Å². The van der Waals surface area contributed by atoms with Gasteiger partial charge in [0.25, 0.3) is 5.91 Å². The summed E-state index contributed by atoms with van der Waals surface area (Å²) < 4.78 is 4.61. The lowest BCUT2D eigenvalue weighted by atomic mass is 10.0. The highest BCUT2D eigenvalue weighted by Crippen LogP contribution is 2.29. The molecule has 0 aromatic heterocycles. The van der Waals surface area contributed by atoms with E-state index in [0.717, 1.165) is 24.1 Å². The van der Waals surface area contributed by atoms with E-state index in [1.54, 1.807) is 6.07 Å². The number of ether oxygens (including phenoxy) is 1. The molecule has 0 saturated carbocycles. The number of piperidine rings is 1. The molecule has 2 N–H and O–H groups in total. The number of nitrogens with one attached hydrogen (secondary N) is 2. The minimum atomic E-state index is -0.600. The number of benzene rings is 1. The number of imide groups is 1. The van der Waals surface area contributed by atoms with Crippen LogP contribution in [0.5, 0.6) is 0 Å². The van der Waals surface area contributed by atoms with Crippen molar-refractivity contribution in [3.63, 3.8) is 0 Å². The molecule has 27 heavy (non-hydrogen) atoms. The summed E-state index contributed by atoms with van der Waals surface area (Å²) in [7, 11) is 1.38. The Morgan fingerprint density at radius 2 is 2.11 bits per heavy atom. The van der Waals surface area contributed by atoms with E-state index < -0.39 is 11.9 Å². The van der Waals surface area contributed by atoms with Crippen LogP contribution in [0.4, 0.5) is 5.69 Å². The smallest absolute Gasteiger partial charge is 0.305 e. The first-order valence-corrected chi connectivity index (χ1v) is 9.08. The Bertz CT molecular complexity index is 777. The molecule has 2 heterocycles. The number of hydrogen-bond acceptors (Lipinski definition) is 6. The van der Waals surface area contributed by atoms with Crippen molar-refractivity contribution in [1.29, 1.82) is 0 Å². The van der Waals surface area contributed by atoms with Crippen LogP contribution in [0.2, 0.25) is 0 Å². The molecule has 8 nitrogen and oxygen atoms in total. The fraction of sp³-hybridized carbons (Fsp3) is 0.474. The lowest BCUT2D eigenvalue weighted by molar-refractivity contribution is -0.141. The van der Waals surface area contributed by atoms with Crippen LogP contribution >= 0.6 is 0 Å². The first-order valence-electron chi connectivity index (χ1n) is 9.08. The maximum absolute atomic E-state index is 12.6. The van der Waals surface area contributed by atoms with Gasteiger partial charge in [0.2, 0.25) is 11.8 Å². The van der Waals surface area contributed by atoms with Gasteiger partial charge in [-0.3, -0.25) is 24.5 Å². The summed E-state index contributed by atoms with van der Waals surface area (Å²) in [6.45, 7) is 1.07. The van der Waals surface area contributed by atoms with Gasteiger partial charge in [0.05, 0.1) is 7.11 Å². The maximum Gasteiger partial charge on any atom is 0.305 e. The summed E-state index contributed by atoms with van der Waals surface area (Å²) in [5.74, 6) is -1.08. The van der Waals surface area contributed by atoms with E-state index in [1.807, 2.05) is 12.1 Å². The molecule has 1 saturated heterocycles. The Balaban J connectivity index is 1.56. The van der Waals surface area contributed by atoms with E-state index in [9.17, 15) is 19.2 Å². The van der Waals surface area contributed by atoms with Crippen molar-refractivity contribution in [3.05, 3.63) is 29.3 Å². The second kappa shape index (κ2) is 8.20. The molecule has 8 heteroatoms. The average molecular weight is 373 g/mol. The molecule has 1 atom stereocenters. The van der Waals surface area contributed by atoms with Crippen molar-refractivity contribution >= 4 is 29.4 Å². The molecular weight excluding hydrogens is 350 g/mol. The van der Waals surface area contributed by atoms with Crippen molar-refractivity contribution in [3.8, 4) is 0 Å². The predicted octanol–water partition coefficient (Wildman–Crippen LogP) is 1.20. The summed E-state index contributed by atoms with van der Waals surface area (Å²) in [5.41, 5.74) is 2.35. The van der Waals surface area contributed by atoms with Crippen molar-refractivity contribution in [2.75, 3.05) is 19.0 Å². The molecule has 0 bridgehead atoms. The Hall–Kier alpha value is -2.90. The van der Waals surface area contributed by atoms with Gasteiger partial charge in [-0.2, -0.15) is 0 Å².